The summed E-state index contributed by atoms with van der Waals surface area (Å²) in [7, 11) is 0. The van der Waals surface area contributed by atoms with Gasteiger partial charge >= 0.3 is 0 Å². The maximum Gasteiger partial charge on any atom is 0.242 e. The lowest BCUT2D eigenvalue weighted by Crippen LogP contribution is -2.49. The van der Waals surface area contributed by atoms with Crippen LogP contribution in [0.1, 0.15) is 19.4 Å². The number of nitrogens with zero attached hydrogens (tertiary/aromatic N) is 1. The van der Waals surface area contributed by atoms with Gasteiger partial charge in [-0.15, -0.1) is 0 Å². The van der Waals surface area contributed by atoms with Crippen LogP contribution in [0.5, 0.6) is 0 Å². The third kappa shape index (κ3) is 4.09. The first-order valence-corrected chi connectivity index (χ1v) is 7.97. The minimum Gasteiger partial charge on any atom is -0.376 e. The summed E-state index contributed by atoms with van der Waals surface area (Å²) in [6, 6.07) is 6.17. The summed E-state index contributed by atoms with van der Waals surface area (Å²) < 4.78 is 6.85. The number of morpholine rings is 1. The summed E-state index contributed by atoms with van der Waals surface area (Å²) in [5.74, 6) is 0.130. The van der Waals surface area contributed by atoms with Crippen LogP contribution in [0.4, 0.5) is 5.69 Å². The molecular formula is C15H21IN2O2. The van der Waals surface area contributed by atoms with E-state index >= 15 is 0 Å². The zero-order chi connectivity index (χ0) is 14.7. The number of carbonyl (C=O) groups is 1. The zero-order valence-corrected chi connectivity index (χ0v) is 14.3. The molecule has 1 amide bonds. The third-order valence-electron chi connectivity index (χ3n) is 3.39. The summed E-state index contributed by atoms with van der Waals surface area (Å²) in [6.45, 7) is 7.75. The Morgan fingerprint density at radius 1 is 1.40 bits per heavy atom. The number of halogens is 1. The summed E-state index contributed by atoms with van der Waals surface area (Å²) in [5.41, 5.74) is 2.18. The van der Waals surface area contributed by atoms with Crippen LogP contribution in [0.3, 0.4) is 0 Å². The molecule has 1 saturated heterocycles. The van der Waals surface area contributed by atoms with Gasteiger partial charge in [-0.05, 0) is 67.1 Å². The van der Waals surface area contributed by atoms with Crippen molar-refractivity contribution in [3.8, 4) is 0 Å². The van der Waals surface area contributed by atoms with E-state index in [1.54, 1.807) is 0 Å². The molecule has 1 aromatic carbocycles. The number of rotatable bonds is 3. The molecule has 2 atom stereocenters. The molecule has 5 heteroatoms. The highest BCUT2D eigenvalue weighted by atomic mass is 127. The molecule has 0 unspecified atom stereocenters. The van der Waals surface area contributed by atoms with Gasteiger partial charge in [-0.1, -0.05) is 0 Å². The van der Waals surface area contributed by atoms with E-state index in [0.29, 0.717) is 19.6 Å². The highest BCUT2D eigenvalue weighted by Gasteiger charge is 2.25. The molecule has 0 saturated carbocycles. The minimum atomic E-state index is 0.114. The number of amides is 1. The van der Waals surface area contributed by atoms with Crippen molar-refractivity contribution in [2.75, 3.05) is 25.0 Å². The number of nitrogens with one attached hydrogen (secondary N) is 1. The van der Waals surface area contributed by atoms with Gasteiger partial charge in [0.2, 0.25) is 5.91 Å². The van der Waals surface area contributed by atoms with Crippen LogP contribution in [0.2, 0.25) is 0 Å². The number of hydrogen-bond donors (Lipinski definition) is 1. The number of aryl methyl sites for hydroxylation is 1. The summed E-state index contributed by atoms with van der Waals surface area (Å²) in [4.78, 5) is 14.1. The van der Waals surface area contributed by atoms with E-state index in [-0.39, 0.29) is 18.1 Å². The van der Waals surface area contributed by atoms with Gasteiger partial charge in [0.25, 0.3) is 0 Å². The topological polar surface area (TPSA) is 41.6 Å². The molecule has 0 aromatic heterocycles. The van der Waals surface area contributed by atoms with Crippen LogP contribution in [-0.4, -0.2) is 42.6 Å². The molecule has 1 aliphatic heterocycles. The third-order valence-corrected chi connectivity index (χ3v) is 4.06. The number of hydrogen-bond acceptors (Lipinski definition) is 3. The molecule has 4 nitrogen and oxygen atoms in total. The SMILES string of the molecule is Cc1cc(I)ccc1NCC(=O)N1C[C@@H](C)O[C@@H](C)C1. The molecule has 0 spiro atoms. The average molecular weight is 388 g/mol. The molecule has 1 aliphatic rings. The van der Waals surface area contributed by atoms with Crippen molar-refractivity contribution in [2.45, 2.75) is 33.0 Å². The number of ether oxygens (including phenoxy) is 1. The minimum absolute atomic E-state index is 0.114. The van der Waals surface area contributed by atoms with Crippen molar-refractivity contribution in [1.29, 1.82) is 0 Å². The fourth-order valence-electron chi connectivity index (χ4n) is 2.49. The molecule has 0 bridgehead atoms. The maximum absolute atomic E-state index is 12.2. The van der Waals surface area contributed by atoms with Gasteiger partial charge in [-0.3, -0.25) is 4.79 Å². The van der Waals surface area contributed by atoms with E-state index in [1.807, 2.05) is 37.8 Å². The Balaban J connectivity index is 1.91. The second-order valence-corrected chi connectivity index (χ2v) is 6.61. The monoisotopic (exact) mass is 388 g/mol. The van der Waals surface area contributed by atoms with Crippen molar-refractivity contribution < 1.29 is 9.53 Å². The summed E-state index contributed by atoms with van der Waals surface area (Å²) >= 11 is 2.29. The zero-order valence-electron chi connectivity index (χ0n) is 12.1. The number of benzene rings is 1. The maximum atomic E-state index is 12.2. The van der Waals surface area contributed by atoms with E-state index in [9.17, 15) is 4.79 Å². The van der Waals surface area contributed by atoms with Gasteiger partial charge in [0, 0.05) is 22.3 Å². The second kappa shape index (κ2) is 6.76. The van der Waals surface area contributed by atoms with Crippen LogP contribution >= 0.6 is 22.6 Å². The Morgan fingerprint density at radius 2 is 2.05 bits per heavy atom. The van der Waals surface area contributed by atoms with Crippen LogP contribution in [0.15, 0.2) is 18.2 Å². The first kappa shape index (κ1) is 15.6. The standard InChI is InChI=1S/C15H21IN2O2/c1-10-6-13(16)4-5-14(10)17-7-15(19)18-8-11(2)20-12(3)9-18/h4-6,11-12,17H,7-9H2,1-3H3/t11-,12+. The first-order valence-electron chi connectivity index (χ1n) is 6.89. The van der Waals surface area contributed by atoms with Gasteiger partial charge in [-0.2, -0.15) is 0 Å². The molecule has 2 rings (SSSR count). The summed E-state index contributed by atoms with van der Waals surface area (Å²) in [6.07, 6.45) is 0.227. The Bertz CT molecular complexity index is 483. The number of carbonyl (C=O) groups excluding carboxylic acids is 1. The van der Waals surface area contributed by atoms with Crippen molar-refractivity contribution in [1.82, 2.24) is 4.90 Å². The van der Waals surface area contributed by atoms with Gasteiger partial charge < -0.3 is 15.0 Å². The lowest BCUT2D eigenvalue weighted by atomic mass is 10.2. The Hall–Kier alpha value is -0.820. The first-order chi connectivity index (χ1) is 9.45. The average Bonchev–Trinajstić information content (AvgIpc) is 2.36. The smallest absolute Gasteiger partial charge is 0.242 e. The van der Waals surface area contributed by atoms with E-state index in [4.69, 9.17) is 4.74 Å². The largest absolute Gasteiger partial charge is 0.376 e. The van der Waals surface area contributed by atoms with E-state index in [1.165, 1.54) is 3.57 Å². The molecule has 0 aliphatic carbocycles. The van der Waals surface area contributed by atoms with Crippen molar-refractivity contribution in [2.24, 2.45) is 0 Å². The fraction of sp³-hybridized carbons (Fsp3) is 0.533. The van der Waals surface area contributed by atoms with E-state index in [0.717, 1.165) is 11.3 Å². The van der Waals surface area contributed by atoms with Crippen LogP contribution in [0, 0.1) is 10.5 Å². The molecule has 1 heterocycles. The molecule has 1 N–H and O–H groups in total. The van der Waals surface area contributed by atoms with E-state index < -0.39 is 0 Å². The number of anilines is 1. The van der Waals surface area contributed by atoms with Gasteiger partial charge in [-0.25, -0.2) is 0 Å². The van der Waals surface area contributed by atoms with Crippen LogP contribution in [-0.2, 0) is 9.53 Å². The Labute approximate surface area is 134 Å². The second-order valence-electron chi connectivity index (χ2n) is 5.37. The molecule has 110 valence electrons. The predicted octanol–water partition coefficient (Wildman–Crippen LogP) is 2.65. The molecular weight excluding hydrogens is 367 g/mol. The van der Waals surface area contributed by atoms with Crippen molar-refractivity contribution in [3.63, 3.8) is 0 Å². The van der Waals surface area contributed by atoms with Crippen LogP contribution in [0.25, 0.3) is 0 Å². The highest BCUT2D eigenvalue weighted by Crippen LogP contribution is 2.18. The Kier molecular flexibility index (Phi) is 5.26. The molecule has 20 heavy (non-hydrogen) atoms. The van der Waals surface area contributed by atoms with Gasteiger partial charge in [0.05, 0.1) is 18.8 Å². The lowest BCUT2D eigenvalue weighted by molar-refractivity contribution is -0.141. The van der Waals surface area contributed by atoms with Crippen LogP contribution < -0.4 is 5.32 Å². The van der Waals surface area contributed by atoms with Gasteiger partial charge in [0.15, 0.2) is 0 Å². The molecule has 0 radical (unpaired) electrons. The Morgan fingerprint density at radius 3 is 2.65 bits per heavy atom. The fourth-order valence-corrected chi connectivity index (χ4v) is 3.14. The van der Waals surface area contributed by atoms with Crippen molar-refractivity contribution in [3.05, 3.63) is 27.3 Å². The normalized spacial score (nSPS) is 22.7. The van der Waals surface area contributed by atoms with E-state index in [2.05, 4.69) is 34.0 Å². The molecule has 1 fully saturated rings. The quantitative estimate of drug-likeness (QED) is 0.810. The lowest BCUT2D eigenvalue weighted by Gasteiger charge is -2.35. The van der Waals surface area contributed by atoms with Gasteiger partial charge in [0.1, 0.15) is 0 Å². The van der Waals surface area contributed by atoms with Crippen molar-refractivity contribution >= 4 is 34.2 Å². The predicted molar refractivity (Wildman–Crippen MR) is 89.0 cm³/mol. The highest BCUT2D eigenvalue weighted by molar-refractivity contribution is 14.1. The molecule has 1 aromatic rings. The summed E-state index contributed by atoms with van der Waals surface area (Å²) in [5, 5.41) is 3.23.